The lowest BCUT2D eigenvalue weighted by Crippen LogP contribution is -2.38. The van der Waals surface area contributed by atoms with E-state index in [1.165, 1.54) is 19.2 Å². The Kier molecular flexibility index (Phi) is 7.80. The molecular weight excluding hydrogens is 494 g/mol. The van der Waals surface area contributed by atoms with E-state index in [0.717, 1.165) is 16.5 Å². The number of carboxylic acids is 1. The second-order valence-corrected chi connectivity index (χ2v) is 8.75. The molecule has 6 nitrogen and oxygen atoms in total. The molecule has 9 heteroatoms. The SMILES string of the molecule is COc1cc(CN[C@H](Cc2c[nH]c3ccccc23)C(=O)O)cc(Cl)c1OCc1c(F)cccc1Cl. The predicted molar refractivity (Wildman–Crippen MR) is 134 cm³/mol. The number of ether oxygens (including phenoxy) is 2. The van der Waals surface area contributed by atoms with Gasteiger partial charge in [0, 0.05) is 35.6 Å². The molecular formula is C26H23Cl2FN2O4. The maximum Gasteiger partial charge on any atom is 0.321 e. The van der Waals surface area contributed by atoms with Crippen LogP contribution in [0.3, 0.4) is 0 Å². The highest BCUT2D eigenvalue weighted by atomic mass is 35.5. The van der Waals surface area contributed by atoms with Gasteiger partial charge in [-0.15, -0.1) is 0 Å². The summed E-state index contributed by atoms with van der Waals surface area (Å²) in [5.74, 6) is -0.866. The molecule has 0 aliphatic rings. The van der Waals surface area contributed by atoms with Gasteiger partial charge < -0.3 is 24.9 Å². The first kappa shape index (κ1) is 24.9. The van der Waals surface area contributed by atoms with Crippen LogP contribution in [0.25, 0.3) is 10.9 Å². The van der Waals surface area contributed by atoms with Gasteiger partial charge in [0.15, 0.2) is 11.5 Å². The molecule has 1 atom stereocenters. The second kappa shape index (κ2) is 11.0. The predicted octanol–water partition coefficient (Wildman–Crippen LogP) is 5.99. The molecule has 4 aromatic rings. The fourth-order valence-electron chi connectivity index (χ4n) is 3.84. The van der Waals surface area contributed by atoms with Gasteiger partial charge in [-0.2, -0.15) is 0 Å². The molecule has 0 aliphatic heterocycles. The largest absolute Gasteiger partial charge is 0.493 e. The number of aromatic nitrogens is 1. The summed E-state index contributed by atoms with van der Waals surface area (Å²) in [4.78, 5) is 15.1. The maximum atomic E-state index is 14.1. The molecule has 3 N–H and O–H groups in total. The van der Waals surface area contributed by atoms with E-state index < -0.39 is 17.8 Å². The van der Waals surface area contributed by atoms with Gasteiger partial charge in [-0.05, 0) is 41.5 Å². The number of hydrogen-bond donors (Lipinski definition) is 3. The van der Waals surface area contributed by atoms with Crippen LogP contribution in [0.1, 0.15) is 16.7 Å². The van der Waals surface area contributed by atoms with Gasteiger partial charge in [0.25, 0.3) is 0 Å². The quantitative estimate of drug-likeness (QED) is 0.241. The van der Waals surface area contributed by atoms with Crippen LogP contribution < -0.4 is 14.8 Å². The van der Waals surface area contributed by atoms with Crippen molar-refractivity contribution in [1.82, 2.24) is 10.3 Å². The van der Waals surface area contributed by atoms with E-state index in [0.29, 0.717) is 17.7 Å². The Bertz CT molecular complexity index is 1340. The van der Waals surface area contributed by atoms with Crippen LogP contribution in [0.15, 0.2) is 60.8 Å². The lowest BCUT2D eigenvalue weighted by Gasteiger charge is -2.17. The van der Waals surface area contributed by atoms with Crippen molar-refractivity contribution in [3.8, 4) is 11.5 Å². The monoisotopic (exact) mass is 516 g/mol. The zero-order valence-electron chi connectivity index (χ0n) is 18.8. The Morgan fingerprint density at radius 1 is 1.14 bits per heavy atom. The van der Waals surface area contributed by atoms with Crippen LogP contribution in [0.5, 0.6) is 11.5 Å². The fraction of sp³-hybridized carbons (Fsp3) is 0.192. The molecule has 0 saturated heterocycles. The summed E-state index contributed by atoms with van der Waals surface area (Å²) in [6, 6.07) is 14.7. The minimum atomic E-state index is -0.963. The van der Waals surface area contributed by atoms with Crippen molar-refractivity contribution in [1.29, 1.82) is 0 Å². The van der Waals surface area contributed by atoms with Gasteiger partial charge in [0.05, 0.1) is 17.2 Å². The average molecular weight is 517 g/mol. The molecule has 0 saturated carbocycles. The Morgan fingerprint density at radius 2 is 1.94 bits per heavy atom. The van der Waals surface area contributed by atoms with Gasteiger partial charge in [-0.3, -0.25) is 4.79 Å². The number of benzene rings is 3. The number of carboxylic acid groups (broad SMARTS) is 1. The molecule has 0 spiro atoms. The third kappa shape index (κ3) is 5.70. The smallest absolute Gasteiger partial charge is 0.321 e. The number of methoxy groups -OCH3 is 1. The van der Waals surface area contributed by atoms with E-state index in [2.05, 4.69) is 10.3 Å². The molecule has 0 fully saturated rings. The third-order valence-electron chi connectivity index (χ3n) is 5.66. The Hall–Kier alpha value is -3.26. The summed E-state index contributed by atoms with van der Waals surface area (Å²) in [5, 5.41) is 14.3. The van der Waals surface area contributed by atoms with E-state index in [9.17, 15) is 14.3 Å². The van der Waals surface area contributed by atoms with Crippen LogP contribution in [-0.2, 0) is 24.4 Å². The van der Waals surface area contributed by atoms with Gasteiger partial charge >= 0.3 is 5.97 Å². The molecule has 1 aromatic heterocycles. The van der Waals surface area contributed by atoms with Crippen LogP contribution >= 0.6 is 23.2 Å². The number of para-hydroxylation sites is 1. The van der Waals surface area contributed by atoms with Gasteiger partial charge in [0.1, 0.15) is 18.5 Å². The van der Waals surface area contributed by atoms with Crippen molar-refractivity contribution in [3.05, 3.63) is 93.3 Å². The number of halogens is 3. The molecule has 3 aromatic carbocycles. The molecule has 4 rings (SSSR count). The van der Waals surface area contributed by atoms with Crippen molar-refractivity contribution >= 4 is 40.1 Å². The van der Waals surface area contributed by atoms with Crippen molar-refractivity contribution in [2.24, 2.45) is 0 Å². The molecule has 0 aliphatic carbocycles. The number of aliphatic carboxylic acids is 1. The number of fused-ring (bicyclic) bond motifs is 1. The molecule has 182 valence electrons. The van der Waals surface area contributed by atoms with E-state index >= 15 is 0 Å². The number of carbonyl (C=O) groups is 1. The summed E-state index contributed by atoms with van der Waals surface area (Å²) in [6.45, 7) is 0.0969. The van der Waals surface area contributed by atoms with E-state index in [-0.39, 0.29) is 34.5 Å². The average Bonchev–Trinajstić information content (AvgIpc) is 3.24. The summed E-state index contributed by atoms with van der Waals surface area (Å²) in [5.41, 5.74) is 2.77. The highest BCUT2D eigenvalue weighted by molar-refractivity contribution is 6.32. The number of hydrogen-bond acceptors (Lipinski definition) is 4. The molecule has 1 heterocycles. The van der Waals surface area contributed by atoms with Gasteiger partial charge in [-0.25, -0.2) is 4.39 Å². The highest BCUT2D eigenvalue weighted by Gasteiger charge is 2.20. The number of H-pyrrole nitrogens is 1. The summed E-state index contributed by atoms with van der Waals surface area (Å²) >= 11 is 12.5. The minimum absolute atomic E-state index is 0.134. The molecule has 0 radical (unpaired) electrons. The standard InChI is InChI=1S/C26H23Cl2FN2O4/c1-34-24-10-15(9-20(28)25(24)35-14-18-19(27)6-4-7-21(18)29)12-30-23(26(32)33)11-16-13-31-22-8-3-2-5-17(16)22/h2-10,13,23,30-31H,11-12,14H2,1H3,(H,32,33)/t23-/m1/s1. The summed E-state index contributed by atoms with van der Waals surface area (Å²) in [6.07, 6.45) is 2.13. The van der Waals surface area contributed by atoms with Crippen LogP contribution in [0.4, 0.5) is 4.39 Å². The first-order valence-corrected chi connectivity index (χ1v) is 11.6. The summed E-state index contributed by atoms with van der Waals surface area (Å²) < 4.78 is 25.2. The summed E-state index contributed by atoms with van der Waals surface area (Å²) in [7, 11) is 1.46. The molecule has 0 unspecified atom stereocenters. The number of aromatic amines is 1. The van der Waals surface area contributed by atoms with Crippen molar-refractivity contribution in [2.45, 2.75) is 25.6 Å². The highest BCUT2D eigenvalue weighted by Crippen LogP contribution is 2.37. The Labute approximate surface area is 211 Å². The maximum absolute atomic E-state index is 14.1. The number of nitrogens with one attached hydrogen (secondary N) is 2. The van der Waals surface area contributed by atoms with Crippen LogP contribution in [-0.4, -0.2) is 29.2 Å². The van der Waals surface area contributed by atoms with E-state index in [1.807, 2.05) is 30.5 Å². The topological polar surface area (TPSA) is 83.6 Å². The van der Waals surface area contributed by atoms with Gasteiger partial charge in [-0.1, -0.05) is 47.5 Å². The zero-order valence-corrected chi connectivity index (χ0v) is 20.3. The minimum Gasteiger partial charge on any atom is -0.493 e. The Morgan fingerprint density at radius 3 is 2.69 bits per heavy atom. The molecule has 0 bridgehead atoms. The van der Waals surface area contributed by atoms with Crippen molar-refractivity contribution in [2.75, 3.05) is 7.11 Å². The molecule has 35 heavy (non-hydrogen) atoms. The van der Waals surface area contributed by atoms with Crippen LogP contribution in [0, 0.1) is 5.82 Å². The van der Waals surface area contributed by atoms with Crippen molar-refractivity contribution < 1.29 is 23.8 Å². The number of rotatable bonds is 10. The lowest BCUT2D eigenvalue weighted by molar-refractivity contribution is -0.139. The van der Waals surface area contributed by atoms with Crippen molar-refractivity contribution in [3.63, 3.8) is 0 Å². The first-order chi connectivity index (χ1) is 16.9. The van der Waals surface area contributed by atoms with E-state index in [1.54, 1.807) is 18.2 Å². The lowest BCUT2D eigenvalue weighted by atomic mass is 10.0. The second-order valence-electron chi connectivity index (χ2n) is 7.93. The Balaban J connectivity index is 1.47. The van der Waals surface area contributed by atoms with Crippen LogP contribution in [0.2, 0.25) is 10.0 Å². The third-order valence-corrected chi connectivity index (χ3v) is 6.30. The fourth-order valence-corrected chi connectivity index (χ4v) is 4.34. The normalized spacial score (nSPS) is 12.0. The van der Waals surface area contributed by atoms with E-state index in [4.69, 9.17) is 32.7 Å². The zero-order chi connectivity index (χ0) is 24.9. The molecule has 0 amide bonds. The van der Waals surface area contributed by atoms with Gasteiger partial charge in [0.2, 0.25) is 0 Å². The first-order valence-electron chi connectivity index (χ1n) is 10.8.